The van der Waals surface area contributed by atoms with Crippen molar-refractivity contribution in [2.75, 3.05) is 17.7 Å². The zero-order valence-electron chi connectivity index (χ0n) is 25.3. The number of hydrogen-bond acceptors (Lipinski definition) is 6. The van der Waals surface area contributed by atoms with E-state index >= 15 is 0 Å². The molecule has 5 rings (SSSR count). The fourth-order valence-electron chi connectivity index (χ4n) is 4.74. The minimum Gasteiger partial charge on any atom is -0.508 e. The third-order valence-corrected chi connectivity index (χ3v) is 8.45. The number of benzene rings is 5. The van der Waals surface area contributed by atoms with Gasteiger partial charge in [0.1, 0.15) is 17.2 Å². The monoisotopic (exact) mass is 631 g/mol. The first-order chi connectivity index (χ1) is 22.3. The highest BCUT2D eigenvalue weighted by Crippen LogP contribution is 2.30. The van der Waals surface area contributed by atoms with E-state index in [1.807, 2.05) is 55.5 Å². The number of aromatic hydroxyl groups is 1. The predicted octanol–water partition coefficient (Wildman–Crippen LogP) is 7.47. The maximum Gasteiger partial charge on any atom is 0.272 e. The van der Waals surface area contributed by atoms with Gasteiger partial charge in [-0.25, -0.2) is 0 Å². The van der Waals surface area contributed by atoms with Crippen LogP contribution >= 0.6 is 11.8 Å². The highest BCUT2D eigenvalue weighted by atomic mass is 32.2. The Kier molecular flexibility index (Phi) is 10.4. The topological polar surface area (TPSA) is 117 Å². The molecule has 0 radical (unpaired) electrons. The Balaban J connectivity index is 1.33. The van der Waals surface area contributed by atoms with Crippen LogP contribution in [0.2, 0.25) is 0 Å². The Morgan fingerprint density at radius 1 is 0.804 bits per heavy atom. The lowest BCUT2D eigenvalue weighted by Crippen LogP contribution is -2.30. The van der Waals surface area contributed by atoms with Gasteiger partial charge in [-0.15, -0.1) is 11.8 Å². The molecule has 0 saturated carbocycles. The van der Waals surface area contributed by atoms with Crippen LogP contribution in [0.5, 0.6) is 11.5 Å². The van der Waals surface area contributed by atoms with Crippen LogP contribution in [-0.4, -0.2) is 35.2 Å². The van der Waals surface area contributed by atoms with Crippen molar-refractivity contribution >= 4 is 57.7 Å². The zero-order valence-corrected chi connectivity index (χ0v) is 26.1. The molecular formula is C37H33N3O5S. The lowest BCUT2D eigenvalue weighted by atomic mass is 10.1. The molecule has 8 nitrogen and oxygen atoms in total. The van der Waals surface area contributed by atoms with Crippen molar-refractivity contribution < 1.29 is 24.2 Å². The molecule has 1 atom stereocenters. The predicted molar refractivity (Wildman–Crippen MR) is 184 cm³/mol. The molecule has 0 saturated heterocycles. The van der Waals surface area contributed by atoms with E-state index in [2.05, 4.69) is 16.0 Å². The van der Waals surface area contributed by atoms with Gasteiger partial charge in [-0.2, -0.15) is 0 Å². The van der Waals surface area contributed by atoms with Gasteiger partial charge in [0.15, 0.2) is 0 Å². The molecule has 0 bridgehead atoms. The molecule has 0 fully saturated rings. The molecule has 9 heteroatoms. The Hall–Kier alpha value is -5.54. The first-order valence-corrected chi connectivity index (χ1v) is 15.5. The van der Waals surface area contributed by atoms with E-state index in [0.717, 1.165) is 21.4 Å². The van der Waals surface area contributed by atoms with Crippen molar-refractivity contribution in [3.05, 3.63) is 132 Å². The smallest absolute Gasteiger partial charge is 0.272 e. The van der Waals surface area contributed by atoms with Crippen LogP contribution in [0, 0.1) is 0 Å². The molecule has 3 amide bonds. The van der Waals surface area contributed by atoms with E-state index < -0.39 is 11.8 Å². The standard InChI is InChI=1S/C37H33N3O5S/c1-3-34(37(44)39-29-18-16-24-10-7-8-13-26(24)20-29)46-31-15-9-14-28(22-31)38-36(43)32(40-35(42)25-11-5-4-6-12-25)21-27-17-19-30(41)23-33(27)45-2/h4-23,34,41H,3H2,1-2H3,(H,38,43)(H,39,44)(H,40,42)/b32-21+. The van der Waals surface area contributed by atoms with E-state index in [9.17, 15) is 19.5 Å². The number of ether oxygens (including phenoxy) is 1. The molecule has 5 aromatic rings. The Morgan fingerprint density at radius 3 is 2.30 bits per heavy atom. The second-order valence-corrected chi connectivity index (χ2v) is 11.6. The van der Waals surface area contributed by atoms with Gasteiger partial charge < -0.3 is 25.8 Å². The summed E-state index contributed by atoms with van der Waals surface area (Å²) in [4.78, 5) is 40.6. The van der Waals surface area contributed by atoms with Crippen molar-refractivity contribution in [1.29, 1.82) is 0 Å². The molecule has 1 unspecified atom stereocenters. The largest absolute Gasteiger partial charge is 0.508 e. The number of methoxy groups -OCH3 is 1. The number of phenolic OH excluding ortho intramolecular Hbond substituents is 1. The maximum absolute atomic E-state index is 13.6. The van der Waals surface area contributed by atoms with Gasteiger partial charge in [0.25, 0.3) is 11.8 Å². The average Bonchev–Trinajstić information content (AvgIpc) is 3.07. The summed E-state index contributed by atoms with van der Waals surface area (Å²) in [6, 6.07) is 34.0. The lowest BCUT2D eigenvalue weighted by Gasteiger charge is -2.16. The molecule has 0 aromatic heterocycles. The summed E-state index contributed by atoms with van der Waals surface area (Å²) in [6.07, 6.45) is 2.07. The summed E-state index contributed by atoms with van der Waals surface area (Å²) in [5.74, 6) is -0.826. The fraction of sp³-hybridized carbons (Fsp3) is 0.108. The van der Waals surface area contributed by atoms with E-state index in [-0.39, 0.29) is 22.6 Å². The van der Waals surface area contributed by atoms with Gasteiger partial charge in [0.05, 0.1) is 12.4 Å². The van der Waals surface area contributed by atoms with Crippen LogP contribution < -0.4 is 20.7 Å². The fourth-order valence-corrected chi connectivity index (χ4v) is 5.75. The number of fused-ring (bicyclic) bond motifs is 1. The summed E-state index contributed by atoms with van der Waals surface area (Å²) in [5.41, 5.74) is 2.04. The highest BCUT2D eigenvalue weighted by molar-refractivity contribution is 8.00. The number of thioether (sulfide) groups is 1. The number of hydrogen-bond donors (Lipinski definition) is 4. The van der Waals surface area contributed by atoms with Crippen LogP contribution in [0.25, 0.3) is 16.8 Å². The van der Waals surface area contributed by atoms with Gasteiger partial charge in [0, 0.05) is 33.5 Å². The summed E-state index contributed by atoms with van der Waals surface area (Å²) >= 11 is 1.40. The molecule has 0 aliphatic carbocycles. The number of rotatable bonds is 11. The SMILES string of the molecule is CCC(Sc1cccc(NC(=O)/C(=C\c2ccc(O)cc2OC)NC(=O)c2ccccc2)c1)C(=O)Nc1ccc2ccccc2c1. The van der Waals surface area contributed by atoms with Crippen molar-refractivity contribution in [2.45, 2.75) is 23.5 Å². The van der Waals surface area contributed by atoms with Gasteiger partial charge in [-0.1, -0.05) is 61.5 Å². The molecular weight excluding hydrogens is 598 g/mol. The molecule has 0 heterocycles. The minimum atomic E-state index is -0.567. The Bertz CT molecular complexity index is 1910. The average molecular weight is 632 g/mol. The van der Waals surface area contributed by atoms with Crippen molar-refractivity contribution in [1.82, 2.24) is 5.32 Å². The van der Waals surface area contributed by atoms with Gasteiger partial charge in [-0.05, 0) is 77.9 Å². The van der Waals surface area contributed by atoms with E-state index in [1.54, 1.807) is 54.6 Å². The van der Waals surface area contributed by atoms with E-state index in [0.29, 0.717) is 29.0 Å². The zero-order chi connectivity index (χ0) is 32.5. The molecule has 5 aromatic carbocycles. The summed E-state index contributed by atoms with van der Waals surface area (Å²) in [6.45, 7) is 1.95. The molecule has 4 N–H and O–H groups in total. The van der Waals surface area contributed by atoms with E-state index in [4.69, 9.17) is 4.74 Å². The number of anilines is 2. The summed E-state index contributed by atoms with van der Waals surface area (Å²) in [7, 11) is 1.45. The molecule has 46 heavy (non-hydrogen) atoms. The third kappa shape index (κ3) is 8.13. The van der Waals surface area contributed by atoms with Gasteiger partial charge in [-0.3, -0.25) is 14.4 Å². The van der Waals surface area contributed by atoms with E-state index in [1.165, 1.54) is 37.1 Å². The van der Waals surface area contributed by atoms with Crippen LogP contribution in [0.4, 0.5) is 11.4 Å². The summed E-state index contributed by atoms with van der Waals surface area (Å²) < 4.78 is 5.37. The van der Waals surface area contributed by atoms with Crippen LogP contribution in [0.15, 0.2) is 126 Å². The first kappa shape index (κ1) is 31.9. The Labute approximate surface area is 271 Å². The number of phenols is 1. The highest BCUT2D eigenvalue weighted by Gasteiger charge is 2.20. The Morgan fingerprint density at radius 2 is 1.54 bits per heavy atom. The second kappa shape index (κ2) is 15.0. The lowest BCUT2D eigenvalue weighted by molar-refractivity contribution is -0.116. The number of amides is 3. The van der Waals surface area contributed by atoms with Crippen molar-refractivity contribution in [3.63, 3.8) is 0 Å². The van der Waals surface area contributed by atoms with Crippen LogP contribution in [0.1, 0.15) is 29.3 Å². The molecule has 0 spiro atoms. The number of carbonyl (C=O) groups is 3. The number of nitrogens with one attached hydrogen (secondary N) is 3. The number of carbonyl (C=O) groups excluding carboxylic acids is 3. The second-order valence-electron chi connectivity index (χ2n) is 10.4. The normalized spacial score (nSPS) is 11.8. The molecule has 0 aliphatic heterocycles. The van der Waals surface area contributed by atoms with Crippen molar-refractivity contribution in [3.8, 4) is 11.5 Å². The minimum absolute atomic E-state index is 0.000957. The van der Waals surface area contributed by atoms with Gasteiger partial charge >= 0.3 is 0 Å². The van der Waals surface area contributed by atoms with Crippen LogP contribution in [-0.2, 0) is 9.59 Å². The maximum atomic E-state index is 13.6. The first-order valence-electron chi connectivity index (χ1n) is 14.7. The van der Waals surface area contributed by atoms with Crippen molar-refractivity contribution in [2.24, 2.45) is 0 Å². The molecule has 232 valence electrons. The quantitative estimate of drug-likeness (QED) is 0.0888. The third-order valence-electron chi connectivity index (χ3n) is 7.10. The molecule has 0 aliphatic rings. The summed E-state index contributed by atoms with van der Waals surface area (Å²) in [5, 5.41) is 20.2. The van der Waals surface area contributed by atoms with Gasteiger partial charge in [0.2, 0.25) is 5.91 Å². The van der Waals surface area contributed by atoms with Crippen LogP contribution in [0.3, 0.4) is 0 Å².